The number of carbonyl (C=O) groups is 3. The van der Waals surface area contributed by atoms with Gasteiger partial charge in [-0.2, -0.15) is 0 Å². The first kappa shape index (κ1) is 17.0. The maximum absolute atomic E-state index is 12.3. The van der Waals surface area contributed by atoms with Crippen molar-refractivity contribution in [1.82, 2.24) is 4.90 Å². The van der Waals surface area contributed by atoms with Gasteiger partial charge < -0.3 is 15.0 Å². The highest BCUT2D eigenvalue weighted by molar-refractivity contribution is 5.89. The second-order valence-corrected chi connectivity index (χ2v) is 5.62. The molecule has 1 aliphatic rings. The quantitative estimate of drug-likeness (QED) is 0.668. The van der Waals surface area contributed by atoms with Gasteiger partial charge in [0.05, 0.1) is 0 Å². The van der Waals surface area contributed by atoms with Gasteiger partial charge >= 0.3 is 5.97 Å². The van der Waals surface area contributed by atoms with Crippen molar-refractivity contribution in [3.8, 4) is 5.75 Å². The van der Waals surface area contributed by atoms with Gasteiger partial charge in [0, 0.05) is 25.6 Å². The van der Waals surface area contributed by atoms with E-state index in [1.807, 2.05) is 6.92 Å². The number of nitrogens with one attached hydrogen (secondary N) is 1. The van der Waals surface area contributed by atoms with E-state index in [0.717, 1.165) is 12.8 Å². The second-order valence-electron chi connectivity index (χ2n) is 5.62. The number of hydrogen-bond acceptors (Lipinski definition) is 4. The zero-order chi connectivity index (χ0) is 16.8. The third-order valence-electron chi connectivity index (χ3n) is 3.70. The summed E-state index contributed by atoms with van der Waals surface area (Å²) >= 11 is 0. The fraction of sp³-hybridized carbons (Fsp3) is 0.471. The molecule has 1 fully saturated rings. The number of carbonyl (C=O) groups excluding carboxylic acids is 3. The first-order valence-corrected chi connectivity index (χ1v) is 7.90. The van der Waals surface area contributed by atoms with Gasteiger partial charge in [-0.1, -0.05) is 6.92 Å². The van der Waals surface area contributed by atoms with Gasteiger partial charge in [-0.25, -0.2) is 4.79 Å². The summed E-state index contributed by atoms with van der Waals surface area (Å²) in [7, 11) is 0. The van der Waals surface area contributed by atoms with Gasteiger partial charge in [0.1, 0.15) is 11.8 Å². The van der Waals surface area contributed by atoms with Gasteiger partial charge in [0.25, 0.3) is 0 Å². The van der Waals surface area contributed by atoms with Gasteiger partial charge in [-0.3, -0.25) is 9.59 Å². The monoisotopic (exact) mass is 318 g/mol. The number of rotatable bonds is 5. The Bertz CT molecular complexity index is 583. The van der Waals surface area contributed by atoms with Crippen LogP contribution in [0.5, 0.6) is 5.75 Å². The molecule has 1 saturated heterocycles. The number of nitrogens with zero attached hydrogens (tertiary/aromatic N) is 1. The molecule has 2 rings (SSSR count). The van der Waals surface area contributed by atoms with Crippen LogP contribution in [0.25, 0.3) is 0 Å². The fourth-order valence-electron chi connectivity index (χ4n) is 2.66. The summed E-state index contributed by atoms with van der Waals surface area (Å²) in [5, 5.41) is 2.64. The van der Waals surface area contributed by atoms with Crippen LogP contribution in [0, 0.1) is 0 Å². The van der Waals surface area contributed by atoms with Crippen molar-refractivity contribution in [2.45, 2.75) is 45.6 Å². The third-order valence-corrected chi connectivity index (χ3v) is 3.70. The zero-order valence-corrected chi connectivity index (χ0v) is 13.5. The lowest BCUT2D eigenvalue weighted by molar-refractivity contribution is -0.146. The lowest BCUT2D eigenvalue weighted by atomic mass is 10.2. The third kappa shape index (κ3) is 4.55. The molecular weight excluding hydrogens is 296 g/mol. The van der Waals surface area contributed by atoms with E-state index in [1.54, 1.807) is 29.2 Å². The molecule has 2 amide bonds. The van der Waals surface area contributed by atoms with E-state index < -0.39 is 12.0 Å². The Morgan fingerprint density at radius 2 is 1.96 bits per heavy atom. The topological polar surface area (TPSA) is 75.7 Å². The van der Waals surface area contributed by atoms with Gasteiger partial charge in [0.15, 0.2) is 0 Å². The van der Waals surface area contributed by atoms with Crippen LogP contribution in [0.15, 0.2) is 24.3 Å². The summed E-state index contributed by atoms with van der Waals surface area (Å²) in [6.45, 7) is 3.98. The smallest absolute Gasteiger partial charge is 0.334 e. The van der Waals surface area contributed by atoms with Crippen molar-refractivity contribution in [2.24, 2.45) is 0 Å². The molecule has 1 heterocycles. The predicted octanol–water partition coefficient (Wildman–Crippen LogP) is 2.34. The van der Waals surface area contributed by atoms with Crippen LogP contribution in [0.3, 0.4) is 0 Å². The minimum atomic E-state index is -0.496. The van der Waals surface area contributed by atoms with Gasteiger partial charge in [-0.15, -0.1) is 0 Å². The Labute approximate surface area is 135 Å². The van der Waals surface area contributed by atoms with E-state index in [9.17, 15) is 14.4 Å². The first-order valence-electron chi connectivity index (χ1n) is 7.90. The first-order chi connectivity index (χ1) is 11.0. The summed E-state index contributed by atoms with van der Waals surface area (Å²) < 4.78 is 5.37. The molecule has 0 spiro atoms. The van der Waals surface area contributed by atoms with Crippen LogP contribution in [-0.4, -0.2) is 35.3 Å². The van der Waals surface area contributed by atoms with E-state index >= 15 is 0 Å². The van der Waals surface area contributed by atoms with Crippen molar-refractivity contribution < 1.29 is 19.1 Å². The summed E-state index contributed by atoms with van der Waals surface area (Å²) in [6.07, 6.45) is 2.67. The molecule has 1 aromatic rings. The molecule has 0 saturated carbocycles. The molecule has 0 aromatic heterocycles. The zero-order valence-electron chi connectivity index (χ0n) is 13.5. The van der Waals surface area contributed by atoms with Crippen molar-refractivity contribution in [3.63, 3.8) is 0 Å². The summed E-state index contributed by atoms with van der Waals surface area (Å²) in [6, 6.07) is 6.08. The lowest BCUT2D eigenvalue weighted by Crippen LogP contribution is -2.42. The minimum Gasteiger partial charge on any atom is -0.425 e. The maximum atomic E-state index is 12.3. The van der Waals surface area contributed by atoms with Crippen molar-refractivity contribution in [1.29, 1.82) is 0 Å². The molecule has 1 unspecified atom stereocenters. The van der Waals surface area contributed by atoms with Crippen LogP contribution in [0.4, 0.5) is 5.69 Å². The SMILES string of the molecule is CCCC(=O)N1CCCC1C(=O)Oc1ccc(NC(C)=O)cc1. The van der Waals surface area contributed by atoms with E-state index in [4.69, 9.17) is 4.74 Å². The highest BCUT2D eigenvalue weighted by Crippen LogP contribution is 2.22. The van der Waals surface area contributed by atoms with Crippen molar-refractivity contribution in [3.05, 3.63) is 24.3 Å². The molecule has 1 N–H and O–H groups in total. The normalized spacial score (nSPS) is 17.0. The molecule has 23 heavy (non-hydrogen) atoms. The van der Waals surface area contributed by atoms with Crippen LogP contribution in [0.1, 0.15) is 39.5 Å². The molecular formula is C17H22N2O4. The summed E-state index contributed by atoms with van der Waals surface area (Å²) in [4.78, 5) is 36.9. The molecule has 1 aliphatic heterocycles. The summed E-state index contributed by atoms with van der Waals surface area (Å²) in [5.74, 6) is -0.156. The predicted molar refractivity (Wildman–Crippen MR) is 86.0 cm³/mol. The fourth-order valence-corrected chi connectivity index (χ4v) is 2.66. The Morgan fingerprint density at radius 1 is 1.26 bits per heavy atom. The van der Waals surface area contributed by atoms with E-state index in [2.05, 4.69) is 5.32 Å². The van der Waals surface area contributed by atoms with Gasteiger partial charge in [-0.05, 0) is 43.5 Å². The van der Waals surface area contributed by atoms with E-state index in [0.29, 0.717) is 30.8 Å². The molecule has 1 atom stereocenters. The highest BCUT2D eigenvalue weighted by atomic mass is 16.5. The molecule has 6 nitrogen and oxygen atoms in total. The van der Waals surface area contributed by atoms with E-state index in [-0.39, 0.29) is 11.8 Å². The number of likely N-dealkylation sites (tertiary alicyclic amines) is 1. The average Bonchev–Trinajstić information content (AvgIpc) is 2.98. The number of hydrogen-bond donors (Lipinski definition) is 1. The molecule has 6 heteroatoms. The number of amides is 2. The van der Waals surface area contributed by atoms with Crippen LogP contribution in [-0.2, 0) is 14.4 Å². The number of esters is 1. The summed E-state index contributed by atoms with van der Waals surface area (Å²) in [5.41, 5.74) is 0.637. The maximum Gasteiger partial charge on any atom is 0.334 e. The Morgan fingerprint density at radius 3 is 2.57 bits per heavy atom. The largest absolute Gasteiger partial charge is 0.425 e. The lowest BCUT2D eigenvalue weighted by Gasteiger charge is -2.23. The Balaban J connectivity index is 1.97. The molecule has 0 radical (unpaired) electrons. The van der Waals surface area contributed by atoms with Crippen molar-refractivity contribution in [2.75, 3.05) is 11.9 Å². The number of ether oxygens (including phenoxy) is 1. The van der Waals surface area contributed by atoms with Crippen LogP contribution >= 0.6 is 0 Å². The Hall–Kier alpha value is -2.37. The highest BCUT2D eigenvalue weighted by Gasteiger charge is 2.34. The molecule has 1 aromatic carbocycles. The average molecular weight is 318 g/mol. The number of benzene rings is 1. The van der Waals surface area contributed by atoms with Crippen molar-refractivity contribution >= 4 is 23.5 Å². The Kier molecular flexibility index (Phi) is 5.73. The van der Waals surface area contributed by atoms with Gasteiger partial charge in [0.2, 0.25) is 11.8 Å². The molecule has 0 aliphatic carbocycles. The van der Waals surface area contributed by atoms with E-state index in [1.165, 1.54) is 6.92 Å². The minimum absolute atomic E-state index is 0.00737. The molecule has 124 valence electrons. The van der Waals surface area contributed by atoms with Crippen LogP contribution < -0.4 is 10.1 Å². The molecule has 0 bridgehead atoms. The second kappa shape index (κ2) is 7.76. The standard InChI is InChI=1S/C17H22N2O4/c1-3-5-16(21)19-11-4-6-15(19)17(22)23-14-9-7-13(8-10-14)18-12(2)20/h7-10,15H,3-6,11H2,1-2H3,(H,18,20). The van der Waals surface area contributed by atoms with Crippen LogP contribution in [0.2, 0.25) is 0 Å². The number of anilines is 1.